The third-order valence-electron chi connectivity index (χ3n) is 5.75. The molecule has 39 heavy (non-hydrogen) atoms. The summed E-state index contributed by atoms with van der Waals surface area (Å²) in [5, 5.41) is 15.5. The van der Waals surface area contributed by atoms with Gasteiger partial charge >= 0.3 is 0 Å². The molecule has 3 aromatic rings. The van der Waals surface area contributed by atoms with Crippen LogP contribution in [0.2, 0.25) is 0 Å². The number of aryl methyl sites for hydroxylation is 1. The molecule has 0 aromatic heterocycles. The summed E-state index contributed by atoms with van der Waals surface area (Å²) < 4.78 is 18.6. The third-order valence-corrected chi connectivity index (χ3v) is 7.43. The second-order valence-corrected chi connectivity index (χ2v) is 10.9. The average molecular weight is 653 g/mol. The Morgan fingerprint density at radius 3 is 2.54 bits per heavy atom. The molecule has 1 N–H and O–H groups in total. The quantitative estimate of drug-likeness (QED) is 0.216. The number of carbonyl (C=O) groups is 1. The molecule has 0 atom stereocenters. The van der Waals surface area contributed by atoms with Crippen LogP contribution in [0.25, 0.3) is 6.08 Å². The summed E-state index contributed by atoms with van der Waals surface area (Å²) in [4.78, 5) is 17.1. The summed E-state index contributed by atoms with van der Waals surface area (Å²) >= 11 is 3.42. The number of amidine groups is 2. The Morgan fingerprint density at radius 2 is 1.79 bits per heavy atom. The van der Waals surface area contributed by atoms with E-state index < -0.39 is 5.91 Å². The van der Waals surface area contributed by atoms with Crippen LogP contribution in [0.15, 0.2) is 82.4 Å². The number of nitrogens with one attached hydrogen (secondary N) is 1. The Balaban J connectivity index is 1.35. The van der Waals surface area contributed by atoms with E-state index in [0.29, 0.717) is 46.2 Å². The minimum absolute atomic E-state index is 0.0418. The van der Waals surface area contributed by atoms with E-state index in [-0.39, 0.29) is 18.0 Å². The summed E-state index contributed by atoms with van der Waals surface area (Å²) in [7, 11) is 0. The maximum absolute atomic E-state index is 12.9. The van der Waals surface area contributed by atoms with Gasteiger partial charge in [0.1, 0.15) is 24.0 Å². The molecular formula is C29H25IN4O4S. The summed E-state index contributed by atoms with van der Waals surface area (Å²) in [6.07, 6.45) is 1.64. The molecule has 2 aliphatic heterocycles. The van der Waals surface area contributed by atoms with Crippen molar-refractivity contribution in [1.82, 2.24) is 5.01 Å². The molecule has 0 unspecified atom stereocenters. The normalized spacial score (nSPS) is 15.7. The Morgan fingerprint density at radius 1 is 1.03 bits per heavy atom. The number of hydrogen-bond acceptors (Lipinski definition) is 7. The van der Waals surface area contributed by atoms with Crippen LogP contribution in [0.1, 0.15) is 23.6 Å². The molecule has 198 valence electrons. The Hall–Kier alpha value is -3.64. The first-order valence-corrected chi connectivity index (χ1v) is 14.1. The lowest BCUT2D eigenvalue weighted by Crippen LogP contribution is -2.35. The molecule has 3 aromatic carbocycles. The molecular weight excluding hydrogens is 627 g/mol. The van der Waals surface area contributed by atoms with Crippen molar-refractivity contribution in [3.8, 4) is 17.2 Å². The van der Waals surface area contributed by atoms with Crippen molar-refractivity contribution in [2.75, 3.05) is 13.2 Å². The number of benzene rings is 3. The lowest BCUT2D eigenvalue weighted by Gasteiger charge is -2.20. The minimum Gasteiger partial charge on any atom is -0.490 e. The number of amides is 1. The van der Waals surface area contributed by atoms with Gasteiger partial charge in [-0.3, -0.25) is 10.2 Å². The highest BCUT2D eigenvalue weighted by atomic mass is 127. The number of hydrazone groups is 1. The number of nitrogens with zero attached hydrogens (tertiary/aromatic N) is 3. The van der Waals surface area contributed by atoms with E-state index in [1.54, 1.807) is 6.08 Å². The highest BCUT2D eigenvalue weighted by Crippen LogP contribution is 2.36. The van der Waals surface area contributed by atoms with Crippen LogP contribution >= 0.6 is 34.4 Å². The molecule has 0 saturated heterocycles. The number of aliphatic imine (C=N–C) groups is 1. The molecule has 0 radical (unpaired) electrons. The van der Waals surface area contributed by atoms with Gasteiger partial charge in [-0.15, -0.1) is 0 Å². The molecule has 5 rings (SSSR count). The van der Waals surface area contributed by atoms with Crippen molar-refractivity contribution < 1.29 is 19.0 Å². The number of fused-ring (bicyclic) bond motifs is 1. The minimum atomic E-state index is -0.494. The van der Waals surface area contributed by atoms with Gasteiger partial charge in [-0.25, -0.2) is 0 Å². The van der Waals surface area contributed by atoms with Crippen molar-refractivity contribution in [2.45, 2.75) is 20.5 Å². The van der Waals surface area contributed by atoms with Crippen molar-refractivity contribution >= 4 is 62.4 Å². The molecule has 0 spiro atoms. The van der Waals surface area contributed by atoms with Crippen LogP contribution in [0.3, 0.4) is 0 Å². The van der Waals surface area contributed by atoms with Gasteiger partial charge in [0.25, 0.3) is 5.91 Å². The van der Waals surface area contributed by atoms with Crippen molar-refractivity contribution in [2.24, 2.45) is 10.1 Å². The molecule has 8 nitrogen and oxygen atoms in total. The molecule has 1 amide bonds. The number of para-hydroxylation sites is 1. The summed E-state index contributed by atoms with van der Waals surface area (Å²) in [5.74, 6) is 1.38. The van der Waals surface area contributed by atoms with Crippen molar-refractivity contribution in [1.29, 1.82) is 5.41 Å². The molecule has 0 fully saturated rings. The van der Waals surface area contributed by atoms with Crippen LogP contribution in [0, 0.1) is 15.9 Å². The summed E-state index contributed by atoms with van der Waals surface area (Å²) in [5.41, 5.74) is 3.08. The molecule has 0 saturated carbocycles. The van der Waals surface area contributed by atoms with Gasteiger partial charge in [-0.2, -0.15) is 15.1 Å². The van der Waals surface area contributed by atoms with E-state index >= 15 is 0 Å². The van der Waals surface area contributed by atoms with E-state index in [9.17, 15) is 4.79 Å². The zero-order chi connectivity index (χ0) is 27.4. The molecule has 2 heterocycles. The number of halogens is 1. The predicted octanol–water partition coefficient (Wildman–Crippen LogP) is 6.28. The van der Waals surface area contributed by atoms with E-state index in [1.165, 1.54) is 22.3 Å². The highest BCUT2D eigenvalue weighted by Gasteiger charge is 2.35. The van der Waals surface area contributed by atoms with Crippen LogP contribution < -0.4 is 14.2 Å². The number of rotatable bonds is 9. The van der Waals surface area contributed by atoms with Gasteiger partial charge in [-0.05, 0) is 89.7 Å². The lowest BCUT2D eigenvalue weighted by molar-refractivity contribution is -0.114. The summed E-state index contributed by atoms with van der Waals surface area (Å²) in [6, 6.07) is 21.3. The zero-order valence-electron chi connectivity index (χ0n) is 21.3. The number of carbonyl (C=O) groups excluding carboxylic acids is 1. The first-order valence-electron chi connectivity index (χ1n) is 12.2. The van der Waals surface area contributed by atoms with Gasteiger partial charge < -0.3 is 14.2 Å². The maximum Gasteiger partial charge on any atom is 0.283 e. The zero-order valence-corrected chi connectivity index (χ0v) is 24.3. The number of ether oxygens (including phenoxy) is 3. The first-order chi connectivity index (χ1) is 18.9. The Kier molecular flexibility index (Phi) is 8.32. The van der Waals surface area contributed by atoms with Gasteiger partial charge in [0.05, 0.1) is 15.8 Å². The van der Waals surface area contributed by atoms with E-state index in [2.05, 4.69) is 44.8 Å². The second-order valence-electron chi connectivity index (χ2n) is 8.65. The van der Waals surface area contributed by atoms with Gasteiger partial charge in [0.2, 0.25) is 5.17 Å². The standard InChI is InChI=1S/C29H25IN4O4S/c1-3-36-24-15-20(14-23(30)26(24)38-16-19-11-9-18(2)10-12-19)13-22-27(31)34-29(32-28(22)35)39-25(33-34)17-37-21-7-5-4-6-8-21/h4-15,31H,3,16-17H2,1-2H3/b22-13-,31-27?. The monoisotopic (exact) mass is 652 g/mol. The van der Waals surface area contributed by atoms with Crippen LogP contribution in [0.5, 0.6) is 17.2 Å². The molecule has 0 aliphatic carbocycles. The highest BCUT2D eigenvalue weighted by molar-refractivity contribution is 14.1. The topological polar surface area (TPSA) is 96.6 Å². The number of thioether (sulfide) groups is 1. The van der Waals surface area contributed by atoms with Gasteiger partial charge in [0, 0.05) is 0 Å². The average Bonchev–Trinajstić information content (AvgIpc) is 3.34. The molecule has 0 bridgehead atoms. The fourth-order valence-corrected chi connectivity index (χ4v) is 5.41. The van der Waals surface area contributed by atoms with Crippen LogP contribution in [0.4, 0.5) is 0 Å². The maximum atomic E-state index is 12.9. The van der Waals surface area contributed by atoms with Gasteiger partial charge in [0.15, 0.2) is 17.3 Å². The molecule has 10 heteroatoms. The second kappa shape index (κ2) is 12.0. The largest absolute Gasteiger partial charge is 0.490 e. The van der Waals surface area contributed by atoms with Crippen molar-refractivity contribution in [3.63, 3.8) is 0 Å². The Bertz CT molecular complexity index is 1500. The van der Waals surface area contributed by atoms with E-state index in [4.69, 9.17) is 19.6 Å². The van der Waals surface area contributed by atoms with E-state index in [0.717, 1.165) is 9.13 Å². The first kappa shape index (κ1) is 26.9. The van der Waals surface area contributed by atoms with Crippen molar-refractivity contribution in [3.05, 3.63) is 92.6 Å². The SMILES string of the molecule is CCOc1cc(/C=C2/C(=N)N3N=C(COc4ccccc4)SC3=NC2=O)cc(I)c1OCc1ccc(C)cc1. The third kappa shape index (κ3) is 6.34. The Labute approximate surface area is 244 Å². The number of hydrogen-bond donors (Lipinski definition) is 1. The van der Waals surface area contributed by atoms with Crippen LogP contribution in [-0.4, -0.2) is 40.2 Å². The fourth-order valence-electron chi connectivity index (χ4n) is 3.83. The fraction of sp³-hybridized carbons (Fsp3) is 0.172. The lowest BCUT2D eigenvalue weighted by atomic mass is 10.1. The van der Waals surface area contributed by atoms with Crippen LogP contribution in [-0.2, 0) is 11.4 Å². The summed E-state index contributed by atoms with van der Waals surface area (Å²) in [6.45, 7) is 5.02. The smallest absolute Gasteiger partial charge is 0.283 e. The molecule has 2 aliphatic rings. The predicted molar refractivity (Wildman–Crippen MR) is 163 cm³/mol. The van der Waals surface area contributed by atoms with E-state index in [1.807, 2.05) is 68.4 Å². The van der Waals surface area contributed by atoms with Gasteiger partial charge in [-0.1, -0.05) is 48.0 Å².